The van der Waals surface area contributed by atoms with Crippen LogP contribution in [0.25, 0.3) is 0 Å². The molecule has 0 heterocycles. The molecule has 15 heavy (non-hydrogen) atoms. The van der Waals surface area contributed by atoms with Crippen LogP contribution >= 0.6 is 0 Å². The van der Waals surface area contributed by atoms with Gasteiger partial charge in [-0.25, -0.2) is 0 Å². The summed E-state index contributed by atoms with van der Waals surface area (Å²) < 4.78 is 0. The van der Waals surface area contributed by atoms with Crippen molar-refractivity contribution in [2.75, 3.05) is 5.06 Å². The average molecular weight is 212 g/mol. The normalized spacial score (nSPS) is 9.40. The predicted octanol–water partition coefficient (Wildman–Crippen LogP) is 0.868. The molecule has 0 saturated carbocycles. The van der Waals surface area contributed by atoms with Gasteiger partial charge in [-0.2, -0.15) is 4.94 Å². The van der Waals surface area contributed by atoms with Crippen LogP contribution in [-0.2, 0) is 9.73 Å². The van der Waals surface area contributed by atoms with Gasteiger partial charge in [0.05, 0.1) is 5.69 Å². The monoisotopic (exact) mass is 212 g/mol. The van der Waals surface area contributed by atoms with Gasteiger partial charge >= 0.3 is 5.09 Å². The van der Waals surface area contributed by atoms with E-state index < -0.39 is 11.0 Å². The molecule has 0 saturated heterocycles. The van der Waals surface area contributed by atoms with E-state index in [4.69, 9.17) is 5.11 Å². The van der Waals surface area contributed by atoms with Crippen LogP contribution in [0.1, 0.15) is 6.92 Å². The molecule has 1 aromatic rings. The van der Waals surface area contributed by atoms with E-state index in [9.17, 15) is 14.9 Å². The van der Waals surface area contributed by atoms with Gasteiger partial charge in [-0.3, -0.25) is 4.79 Å². The molecule has 1 amide bonds. The highest BCUT2D eigenvalue weighted by atomic mass is 17.0. The summed E-state index contributed by atoms with van der Waals surface area (Å²) in [6.45, 7) is 1.12. The molecule has 1 N–H and O–H groups in total. The first-order valence-corrected chi connectivity index (χ1v) is 3.93. The first-order chi connectivity index (χ1) is 7.00. The Morgan fingerprint density at radius 2 is 2.00 bits per heavy atom. The second-order valence-electron chi connectivity index (χ2n) is 2.64. The molecule has 0 atom stereocenters. The molecule has 0 spiro atoms. The summed E-state index contributed by atoms with van der Waals surface area (Å²) >= 11 is 0. The molecule has 7 heteroatoms. The van der Waals surface area contributed by atoms with Crippen LogP contribution in [0.4, 0.5) is 5.69 Å². The van der Waals surface area contributed by atoms with Gasteiger partial charge in [-0.1, -0.05) is 0 Å². The van der Waals surface area contributed by atoms with Crippen LogP contribution in [0.15, 0.2) is 24.3 Å². The van der Waals surface area contributed by atoms with E-state index in [0.717, 1.165) is 6.92 Å². The summed E-state index contributed by atoms with van der Waals surface area (Å²) in [5, 5.41) is 18.5. The van der Waals surface area contributed by atoms with E-state index >= 15 is 0 Å². The summed E-state index contributed by atoms with van der Waals surface area (Å²) in [6.07, 6.45) is 0. The van der Waals surface area contributed by atoms with Crippen LogP contribution in [-0.4, -0.2) is 16.1 Å². The zero-order chi connectivity index (χ0) is 11.4. The quantitative estimate of drug-likeness (QED) is 0.592. The van der Waals surface area contributed by atoms with Crippen molar-refractivity contribution in [1.29, 1.82) is 0 Å². The summed E-state index contributed by atoms with van der Waals surface area (Å²) in [6, 6.07) is 5.21. The highest BCUT2D eigenvalue weighted by Crippen LogP contribution is 2.18. The molecule has 7 nitrogen and oxygen atoms in total. The number of hydroxylamine groups is 1. The number of phenols is 1. The lowest BCUT2D eigenvalue weighted by molar-refractivity contribution is -0.758. The first-order valence-electron chi connectivity index (χ1n) is 3.93. The Morgan fingerprint density at radius 1 is 1.47 bits per heavy atom. The molecule has 80 valence electrons. The number of hydrogen-bond acceptors (Lipinski definition) is 5. The number of benzene rings is 1. The van der Waals surface area contributed by atoms with Crippen LogP contribution < -0.4 is 5.06 Å². The lowest BCUT2D eigenvalue weighted by Crippen LogP contribution is -2.31. The molecule has 0 fully saturated rings. The Kier molecular flexibility index (Phi) is 3.06. The number of phenolic OH excluding ortho intramolecular Hbond substituents is 1. The van der Waals surface area contributed by atoms with Crippen LogP contribution in [0.5, 0.6) is 5.75 Å². The van der Waals surface area contributed by atoms with Crippen LogP contribution in [0, 0.1) is 10.1 Å². The molecule has 1 aromatic carbocycles. The molecular formula is C8H8N2O5. The number of carbonyl (C=O) groups excluding carboxylic acids is 1. The minimum atomic E-state index is -1.09. The maximum Gasteiger partial charge on any atom is 0.317 e. The zero-order valence-corrected chi connectivity index (χ0v) is 7.78. The lowest BCUT2D eigenvalue weighted by atomic mass is 10.3. The van der Waals surface area contributed by atoms with E-state index in [1.807, 2.05) is 0 Å². The zero-order valence-electron chi connectivity index (χ0n) is 7.78. The van der Waals surface area contributed by atoms with Gasteiger partial charge < -0.3 is 5.11 Å². The highest BCUT2D eigenvalue weighted by Gasteiger charge is 2.15. The Morgan fingerprint density at radius 3 is 2.40 bits per heavy atom. The van der Waals surface area contributed by atoms with E-state index in [2.05, 4.69) is 4.94 Å². The van der Waals surface area contributed by atoms with Gasteiger partial charge in [-0.05, 0) is 24.3 Å². The van der Waals surface area contributed by atoms with Gasteiger partial charge in [-0.15, -0.1) is 15.2 Å². The summed E-state index contributed by atoms with van der Waals surface area (Å²) in [5.74, 6) is -0.652. The Bertz CT molecular complexity index is 375. The minimum absolute atomic E-state index is 0.0108. The number of nitrogens with zero attached hydrogens (tertiary/aromatic N) is 2. The predicted molar refractivity (Wildman–Crippen MR) is 49.3 cm³/mol. The van der Waals surface area contributed by atoms with E-state index in [0.29, 0.717) is 5.06 Å². The molecule has 0 aliphatic heterocycles. The van der Waals surface area contributed by atoms with Crippen molar-refractivity contribution in [1.82, 2.24) is 0 Å². The highest BCUT2D eigenvalue weighted by molar-refractivity contribution is 5.89. The van der Waals surface area contributed by atoms with Crippen molar-refractivity contribution >= 4 is 11.6 Å². The molecule has 0 unspecified atom stereocenters. The summed E-state index contributed by atoms with van der Waals surface area (Å²) in [7, 11) is 0. The maximum atomic E-state index is 11.0. The average Bonchev–Trinajstić information content (AvgIpc) is 2.15. The summed E-state index contributed by atoms with van der Waals surface area (Å²) in [5.41, 5.74) is 0.164. The molecule has 0 aliphatic carbocycles. The fraction of sp³-hybridized carbons (Fsp3) is 0.125. The smallest absolute Gasteiger partial charge is 0.317 e. The Balaban J connectivity index is 2.94. The van der Waals surface area contributed by atoms with Crippen LogP contribution in [0.2, 0.25) is 0 Å². The number of carbonyl (C=O) groups is 1. The fourth-order valence-electron chi connectivity index (χ4n) is 0.941. The number of aromatic hydroxyl groups is 1. The Labute approximate surface area is 84.6 Å². The lowest BCUT2D eigenvalue weighted by Gasteiger charge is -2.16. The van der Waals surface area contributed by atoms with Crippen molar-refractivity contribution < 1.29 is 19.9 Å². The van der Waals surface area contributed by atoms with Crippen molar-refractivity contribution in [2.45, 2.75) is 6.92 Å². The third kappa shape index (κ3) is 2.83. The van der Waals surface area contributed by atoms with Crippen molar-refractivity contribution in [3.63, 3.8) is 0 Å². The number of anilines is 1. The summed E-state index contributed by atoms with van der Waals surface area (Å²) in [4.78, 5) is 25.2. The SMILES string of the molecule is CC(=O)N(O[N+](=O)[O-])c1ccc(O)cc1. The van der Waals surface area contributed by atoms with E-state index in [-0.39, 0.29) is 11.4 Å². The second-order valence-corrected chi connectivity index (χ2v) is 2.64. The van der Waals surface area contributed by atoms with Gasteiger partial charge in [0.1, 0.15) is 5.75 Å². The molecule has 0 aliphatic rings. The minimum Gasteiger partial charge on any atom is -0.508 e. The third-order valence-corrected chi connectivity index (χ3v) is 1.52. The van der Waals surface area contributed by atoms with Crippen molar-refractivity contribution in [3.05, 3.63) is 34.4 Å². The largest absolute Gasteiger partial charge is 0.508 e. The van der Waals surface area contributed by atoms with E-state index in [1.54, 1.807) is 0 Å². The molecule has 0 aromatic heterocycles. The molecule has 0 radical (unpaired) electrons. The molecule has 1 rings (SSSR count). The molecule has 0 bridgehead atoms. The van der Waals surface area contributed by atoms with Crippen LogP contribution in [0.3, 0.4) is 0 Å². The standard InChI is InChI=1S/C8H8N2O5/c1-6(11)9(15-10(13)14)7-2-4-8(12)5-3-7/h2-5,12H,1H3. The number of rotatable bonds is 3. The van der Waals surface area contributed by atoms with Crippen molar-refractivity contribution in [2.24, 2.45) is 0 Å². The Hall–Kier alpha value is -2.31. The van der Waals surface area contributed by atoms with Crippen molar-refractivity contribution in [3.8, 4) is 5.75 Å². The second kappa shape index (κ2) is 4.27. The van der Waals surface area contributed by atoms with Gasteiger partial charge in [0.2, 0.25) is 5.91 Å². The first kappa shape index (κ1) is 10.8. The van der Waals surface area contributed by atoms with Gasteiger partial charge in [0.25, 0.3) is 0 Å². The number of amides is 1. The van der Waals surface area contributed by atoms with Gasteiger partial charge in [0, 0.05) is 6.92 Å². The third-order valence-electron chi connectivity index (χ3n) is 1.52. The molecular weight excluding hydrogens is 204 g/mol. The van der Waals surface area contributed by atoms with Gasteiger partial charge in [0.15, 0.2) is 0 Å². The number of hydrogen-bond donors (Lipinski definition) is 1. The maximum absolute atomic E-state index is 11.0. The topological polar surface area (TPSA) is 92.9 Å². The van der Waals surface area contributed by atoms with E-state index in [1.165, 1.54) is 24.3 Å². The fourth-order valence-corrected chi connectivity index (χ4v) is 0.941.